The second-order valence-electron chi connectivity index (χ2n) is 5.90. The molecule has 0 saturated carbocycles. The zero-order chi connectivity index (χ0) is 18.6. The molecule has 0 bridgehead atoms. The molecule has 1 amide bonds. The lowest BCUT2D eigenvalue weighted by Gasteiger charge is -2.30. The van der Waals surface area contributed by atoms with Crippen LogP contribution in [0.4, 0.5) is 11.4 Å². The molecule has 25 heavy (non-hydrogen) atoms. The molecule has 138 valence electrons. The number of benzene rings is 1. The lowest BCUT2D eigenvalue weighted by atomic mass is 10.1. The predicted molar refractivity (Wildman–Crippen MR) is 91.4 cm³/mol. The molecule has 0 radical (unpaired) electrons. The van der Waals surface area contributed by atoms with Crippen molar-refractivity contribution in [1.29, 1.82) is 0 Å². The van der Waals surface area contributed by atoms with Crippen LogP contribution in [-0.4, -0.2) is 49.8 Å². The van der Waals surface area contributed by atoms with Gasteiger partial charge >= 0.3 is 0 Å². The Morgan fingerprint density at radius 3 is 2.76 bits per heavy atom. The Bertz CT molecular complexity index is 767. The van der Waals surface area contributed by atoms with Gasteiger partial charge in [-0.3, -0.25) is 14.9 Å². The minimum atomic E-state index is -4.03. The highest BCUT2D eigenvalue weighted by molar-refractivity contribution is 7.89. The van der Waals surface area contributed by atoms with Crippen LogP contribution in [-0.2, 0) is 14.8 Å². The van der Waals surface area contributed by atoms with Crippen LogP contribution in [0.3, 0.4) is 0 Å². The number of sulfonamides is 1. The van der Waals surface area contributed by atoms with E-state index in [1.54, 1.807) is 4.90 Å². The molecule has 1 fully saturated rings. The van der Waals surface area contributed by atoms with Gasteiger partial charge in [-0.15, -0.1) is 0 Å². The van der Waals surface area contributed by atoms with E-state index in [4.69, 9.17) is 10.9 Å². The number of nitrogens with zero attached hydrogens (tertiary/aromatic N) is 2. The monoisotopic (exact) mass is 371 g/mol. The third-order valence-corrected chi connectivity index (χ3v) is 4.87. The number of anilines is 1. The van der Waals surface area contributed by atoms with Crippen LogP contribution in [0.15, 0.2) is 23.1 Å². The first-order valence-corrected chi connectivity index (χ1v) is 9.31. The Kier molecular flexibility index (Phi) is 5.93. The average molecular weight is 371 g/mol. The molecule has 1 atom stereocenters. The Morgan fingerprint density at radius 2 is 2.16 bits per heavy atom. The van der Waals surface area contributed by atoms with Gasteiger partial charge in [0.25, 0.3) is 5.69 Å². The Morgan fingerprint density at radius 1 is 1.44 bits per heavy atom. The van der Waals surface area contributed by atoms with Crippen molar-refractivity contribution in [1.82, 2.24) is 4.90 Å². The number of likely N-dealkylation sites (tertiary alicyclic amines) is 1. The molecule has 2 rings (SSSR count). The zero-order valence-electron chi connectivity index (χ0n) is 13.6. The molecule has 0 spiro atoms. The summed E-state index contributed by atoms with van der Waals surface area (Å²) in [5.74, 6) is -0.0774. The van der Waals surface area contributed by atoms with Gasteiger partial charge in [-0.1, -0.05) is 0 Å². The van der Waals surface area contributed by atoms with Crippen molar-refractivity contribution in [3.63, 3.8) is 0 Å². The first kappa shape index (κ1) is 19.1. The second kappa shape index (κ2) is 7.76. The Balaban J connectivity index is 2.00. The molecule has 1 aliphatic rings. The lowest BCUT2D eigenvalue weighted by molar-refractivity contribution is -0.384. The minimum Gasteiger partial charge on any atom is -0.379 e. The summed E-state index contributed by atoms with van der Waals surface area (Å²) in [5.41, 5.74) is 5.55. The van der Waals surface area contributed by atoms with E-state index in [1.165, 1.54) is 12.1 Å². The van der Waals surface area contributed by atoms with Gasteiger partial charge in [0.1, 0.15) is 5.69 Å². The van der Waals surface area contributed by atoms with Crippen molar-refractivity contribution >= 4 is 27.3 Å². The summed E-state index contributed by atoms with van der Waals surface area (Å²) in [7, 11) is -4.03. The fraction of sp³-hybridized carbons (Fsp3) is 0.500. The van der Waals surface area contributed by atoms with Crippen LogP contribution < -0.4 is 16.2 Å². The third-order valence-electron chi connectivity index (χ3n) is 3.96. The van der Waals surface area contributed by atoms with E-state index in [-0.39, 0.29) is 35.5 Å². The highest BCUT2D eigenvalue weighted by atomic mass is 32.2. The largest absolute Gasteiger partial charge is 0.379 e. The van der Waals surface area contributed by atoms with E-state index in [0.717, 1.165) is 18.9 Å². The topological polar surface area (TPSA) is 162 Å². The number of carbonyl (C=O) groups is 1. The Labute approximate surface area is 145 Å². The molecule has 5 N–H and O–H groups in total. The third kappa shape index (κ3) is 5.11. The molecule has 1 aliphatic heterocycles. The lowest BCUT2D eigenvalue weighted by Crippen LogP contribution is -2.46. The molecule has 0 aliphatic carbocycles. The number of primary sulfonamides is 1. The number of nitro groups is 1. The number of nitrogens with two attached hydrogens (primary N) is 2. The summed E-state index contributed by atoms with van der Waals surface area (Å²) in [5, 5.41) is 18.9. The van der Waals surface area contributed by atoms with Gasteiger partial charge in [-0.2, -0.15) is 0 Å². The van der Waals surface area contributed by atoms with E-state index < -0.39 is 20.6 Å². The van der Waals surface area contributed by atoms with Gasteiger partial charge < -0.3 is 16.0 Å². The average Bonchev–Trinajstić information content (AvgIpc) is 2.53. The van der Waals surface area contributed by atoms with Gasteiger partial charge in [0, 0.05) is 38.2 Å². The molecular formula is C14H21N5O5S. The summed E-state index contributed by atoms with van der Waals surface area (Å²) in [6.07, 6.45) is 1.91. The maximum absolute atomic E-state index is 12.1. The molecule has 1 aromatic carbocycles. The summed E-state index contributed by atoms with van der Waals surface area (Å²) in [6.45, 7) is 1.36. The Hall–Kier alpha value is -2.24. The fourth-order valence-electron chi connectivity index (χ4n) is 2.69. The molecule has 0 aromatic heterocycles. The van der Waals surface area contributed by atoms with E-state index >= 15 is 0 Å². The van der Waals surface area contributed by atoms with Crippen LogP contribution in [0, 0.1) is 10.1 Å². The standard InChI is InChI=1S/C14H21N5O5S/c15-10-2-1-7-18(9-10)14(20)5-6-17-12-4-3-11(25(16,23)24)8-13(12)19(21)22/h3-4,8,10,17H,1-2,5-7,9,15H2,(H2,16,23,24). The van der Waals surface area contributed by atoms with Crippen molar-refractivity contribution < 1.29 is 18.1 Å². The molecule has 1 aromatic rings. The van der Waals surface area contributed by atoms with Crippen molar-refractivity contribution in [3.05, 3.63) is 28.3 Å². The van der Waals surface area contributed by atoms with Crippen LogP contribution in [0.25, 0.3) is 0 Å². The van der Waals surface area contributed by atoms with Crippen LogP contribution >= 0.6 is 0 Å². The highest BCUT2D eigenvalue weighted by Crippen LogP contribution is 2.27. The predicted octanol–water partition coefficient (Wildman–Crippen LogP) is -0.00610. The highest BCUT2D eigenvalue weighted by Gasteiger charge is 2.22. The molecule has 11 heteroatoms. The molecule has 10 nitrogen and oxygen atoms in total. The van der Waals surface area contributed by atoms with Crippen molar-refractivity contribution in [2.45, 2.75) is 30.2 Å². The smallest absolute Gasteiger partial charge is 0.293 e. The molecule has 1 heterocycles. The first-order valence-electron chi connectivity index (χ1n) is 7.77. The maximum Gasteiger partial charge on any atom is 0.293 e. The minimum absolute atomic E-state index is 0.0162. The number of amides is 1. The quantitative estimate of drug-likeness (QED) is 0.468. The van der Waals surface area contributed by atoms with E-state index in [1.807, 2.05) is 0 Å². The maximum atomic E-state index is 12.1. The normalized spacial score (nSPS) is 18.0. The first-order chi connectivity index (χ1) is 11.7. The summed E-state index contributed by atoms with van der Waals surface area (Å²) in [6, 6.07) is 3.32. The molecule has 1 saturated heterocycles. The molecular weight excluding hydrogens is 350 g/mol. The fourth-order valence-corrected chi connectivity index (χ4v) is 3.22. The van der Waals surface area contributed by atoms with Gasteiger partial charge in [0.05, 0.1) is 9.82 Å². The number of nitrogens with one attached hydrogen (secondary N) is 1. The molecule has 1 unspecified atom stereocenters. The number of carbonyl (C=O) groups excluding carboxylic acids is 1. The number of piperidine rings is 1. The number of rotatable bonds is 6. The van der Waals surface area contributed by atoms with Crippen LogP contribution in [0.2, 0.25) is 0 Å². The van der Waals surface area contributed by atoms with E-state index in [0.29, 0.717) is 13.1 Å². The summed E-state index contributed by atoms with van der Waals surface area (Å²) >= 11 is 0. The second-order valence-corrected chi connectivity index (χ2v) is 7.46. The van der Waals surface area contributed by atoms with Crippen molar-refractivity contribution in [3.8, 4) is 0 Å². The van der Waals surface area contributed by atoms with E-state index in [2.05, 4.69) is 5.32 Å². The number of hydrogen-bond donors (Lipinski definition) is 3. The number of nitro benzene ring substituents is 1. The zero-order valence-corrected chi connectivity index (χ0v) is 14.4. The van der Waals surface area contributed by atoms with Gasteiger partial charge in [0.15, 0.2) is 0 Å². The van der Waals surface area contributed by atoms with Crippen LogP contribution in [0.1, 0.15) is 19.3 Å². The number of hydrogen-bond acceptors (Lipinski definition) is 7. The van der Waals surface area contributed by atoms with Crippen molar-refractivity contribution in [2.24, 2.45) is 10.9 Å². The SMILES string of the molecule is NC1CCCN(C(=O)CCNc2ccc(S(N)(=O)=O)cc2[N+](=O)[O-])C1. The van der Waals surface area contributed by atoms with Crippen molar-refractivity contribution in [2.75, 3.05) is 25.0 Å². The van der Waals surface area contributed by atoms with Crippen LogP contribution in [0.5, 0.6) is 0 Å². The van der Waals surface area contributed by atoms with Gasteiger partial charge in [-0.05, 0) is 25.0 Å². The van der Waals surface area contributed by atoms with Gasteiger partial charge in [0.2, 0.25) is 15.9 Å². The summed E-state index contributed by atoms with van der Waals surface area (Å²) in [4.78, 5) is 23.9. The van der Waals surface area contributed by atoms with Gasteiger partial charge in [-0.25, -0.2) is 13.6 Å². The van der Waals surface area contributed by atoms with E-state index in [9.17, 15) is 23.3 Å². The summed E-state index contributed by atoms with van der Waals surface area (Å²) < 4.78 is 22.6.